The number of methoxy groups -OCH3 is 1. The number of hydrogen-bond acceptors (Lipinski definition) is 4. The van der Waals surface area contributed by atoms with Gasteiger partial charge in [0.1, 0.15) is 6.10 Å². The molecule has 3 rings (SSSR count). The highest BCUT2D eigenvalue weighted by atomic mass is 16.5. The van der Waals surface area contributed by atoms with E-state index in [0.717, 1.165) is 39.0 Å². The lowest BCUT2D eigenvalue weighted by Gasteiger charge is -2.48. The number of carbonyl (C=O) groups is 1. The van der Waals surface area contributed by atoms with Crippen LogP contribution in [0.25, 0.3) is 0 Å². The largest absolute Gasteiger partial charge is 0.474 e. The summed E-state index contributed by atoms with van der Waals surface area (Å²) in [4.78, 5) is 18.8. The number of carbonyl (C=O) groups excluding carboxylic acids is 1. The maximum Gasteiger partial charge on any atom is 0.254 e. The van der Waals surface area contributed by atoms with E-state index in [9.17, 15) is 4.79 Å². The van der Waals surface area contributed by atoms with Gasteiger partial charge < -0.3 is 14.4 Å². The zero-order chi connectivity index (χ0) is 17.0. The lowest BCUT2D eigenvalue weighted by atomic mass is 9.79. The number of hydrogen-bond donors (Lipinski definition) is 0. The third-order valence-corrected chi connectivity index (χ3v) is 5.16. The summed E-state index contributed by atoms with van der Waals surface area (Å²) in [6.07, 6.45) is 8.82. The van der Waals surface area contributed by atoms with Crippen LogP contribution in [-0.2, 0) is 4.74 Å². The van der Waals surface area contributed by atoms with E-state index in [1.807, 2.05) is 4.90 Å². The van der Waals surface area contributed by atoms with E-state index >= 15 is 0 Å². The van der Waals surface area contributed by atoms with Crippen molar-refractivity contribution in [2.24, 2.45) is 5.41 Å². The van der Waals surface area contributed by atoms with Crippen LogP contribution in [0.2, 0.25) is 0 Å². The first-order valence-electron chi connectivity index (χ1n) is 9.01. The topological polar surface area (TPSA) is 51.7 Å². The molecule has 2 heterocycles. The third kappa shape index (κ3) is 4.07. The summed E-state index contributed by atoms with van der Waals surface area (Å²) in [6.45, 7) is 4.53. The molecule has 0 N–H and O–H groups in total. The minimum Gasteiger partial charge on any atom is -0.474 e. The summed E-state index contributed by atoms with van der Waals surface area (Å²) >= 11 is 0. The van der Waals surface area contributed by atoms with Gasteiger partial charge in [-0.3, -0.25) is 4.79 Å². The summed E-state index contributed by atoms with van der Waals surface area (Å²) in [5, 5.41) is 0. The summed E-state index contributed by atoms with van der Waals surface area (Å²) in [7, 11) is 1.72. The van der Waals surface area contributed by atoms with Crippen molar-refractivity contribution in [3.63, 3.8) is 0 Å². The molecule has 1 saturated heterocycles. The van der Waals surface area contributed by atoms with Gasteiger partial charge in [-0.05, 0) is 38.2 Å². The fourth-order valence-corrected chi connectivity index (χ4v) is 3.67. The Hall–Kier alpha value is -1.62. The fourth-order valence-electron chi connectivity index (χ4n) is 3.67. The number of amides is 1. The molecule has 2 aliphatic rings. The second-order valence-corrected chi connectivity index (χ2v) is 7.48. The Labute approximate surface area is 144 Å². The molecule has 0 atom stereocenters. The SMILES string of the molecule is COCCC1(C)CN(C(=O)c2ccnc(OC3CCCCC3)c2)C1. The molecule has 24 heavy (non-hydrogen) atoms. The molecule has 5 heteroatoms. The van der Waals surface area contributed by atoms with Crippen molar-refractivity contribution < 1.29 is 14.3 Å². The quantitative estimate of drug-likeness (QED) is 0.802. The van der Waals surface area contributed by atoms with Gasteiger partial charge in [0.15, 0.2) is 0 Å². The lowest BCUT2D eigenvalue weighted by Crippen LogP contribution is -2.57. The van der Waals surface area contributed by atoms with Crippen LogP contribution in [0.5, 0.6) is 5.88 Å². The first-order valence-corrected chi connectivity index (χ1v) is 9.01. The van der Waals surface area contributed by atoms with Gasteiger partial charge in [-0.25, -0.2) is 4.98 Å². The molecule has 1 saturated carbocycles. The molecule has 0 radical (unpaired) electrons. The highest BCUT2D eigenvalue weighted by molar-refractivity contribution is 5.95. The first kappa shape index (κ1) is 17.2. The van der Waals surface area contributed by atoms with Crippen molar-refractivity contribution in [1.29, 1.82) is 0 Å². The van der Waals surface area contributed by atoms with Gasteiger partial charge in [-0.1, -0.05) is 13.3 Å². The zero-order valence-corrected chi connectivity index (χ0v) is 14.8. The average molecular weight is 332 g/mol. The van der Waals surface area contributed by atoms with Crippen molar-refractivity contribution in [2.45, 2.75) is 51.6 Å². The van der Waals surface area contributed by atoms with Crippen LogP contribution in [0.1, 0.15) is 55.8 Å². The number of pyridine rings is 1. The van der Waals surface area contributed by atoms with Crippen molar-refractivity contribution >= 4 is 5.91 Å². The molecule has 1 aromatic rings. The summed E-state index contributed by atoms with van der Waals surface area (Å²) in [5.41, 5.74) is 0.852. The molecule has 1 aromatic heterocycles. The summed E-state index contributed by atoms with van der Waals surface area (Å²) in [6, 6.07) is 3.57. The van der Waals surface area contributed by atoms with Crippen LogP contribution in [0.4, 0.5) is 0 Å². The molecule has 1 aliphatic carbocycles. The standard InChI is InChI=1S/C19H28N2O3/c1-19(9-11-23-2)13-21(14-19)18(22)15-8-10-20-17(12-15)24-16-6-4-3-5-7-16/h8,10,12,16H,3-7,9,11,13-14H2,1-2H3. The lowest BCUT2D eigenvalue weighted by molar-refractivity contribution is -0.000967. The monoisotopic (exact) mass is 332 g/mol. The summed E-state index contributed by atoms with van der Waals surface area (Å²) < 4.78 is 11.1. The molecule has 2 fully saturated rings. The highest BCUT2D eigenvalue weighted by Gasteiger charge is 2.41. The second-order valence-electron chi connectivity index (χ2n) is 7.48. The van der Waals surface area contributed by atoms with Crippen molar-refractivity contribution in [1.82, 2.24) is 9.88 Å². The van der Waals surface area contributed by atoms with E-state index in [2.05, 4.69) is 11.9 Å². The minimum atomic E-state index is 0.0702. The van der Waals surface area contributed by atoms with Gasteiger partial charge in [-0.2, -0.15) is 0 Å². The maximum absolute atomic E-state index is 12.6. The van der Waals surface area contributed by atoms with Gasteiger partial charge in [-0.15, -0.1) is 0 Å². The minimum absolute atomic E-state index is 0.0702. The Morgan fingerprint density at radius 3 is 2.79 bits per heavy atom. The number of likely N-dealkylation sites (tertiary alicyclic amines) is 1. The smallest absolute Gasteiger partial charge is 0.254 e. The second kappa shape index (κ2) is 7.51. The van der Waals surface area contributed by atoms with E-state index in [1.54, 1.807) is 25.4 Å². The molecule has 0 bridgehead atoms. The Morgan fingerprint density at radius 1 is 1.33 bits per heavy atom. The van der Waals surface area contributed by atoms with E-state index < -0.39 is 0 Å². The molecule has 132 valence electrons. The van der Waals surface area contributed by atoms with Gasteiger partial charge in [0.2, 0.25) is 5.88 Å². The zero-order valence-electron chi connectivity index (χ0n) is 14.8. The van der Waals surface area contributed by atoms with Crippen LogP contribution in [0.15, 0.2) is 18.3 Å². The molecule has 0 spiro atoms. The van der Waals surface area contributed by atoms with Crippen molar-refractivity contribution in [3.05, 3.63) is 23.9 Å². The first-order chi connectivity index (χ1) is 11.6. The van der Waals surface area contributed by atoms with E-state index in [1.165, 1.54) is 19.3 Å². The number of aromatic nitrogens is 1. The Kier molecular flexibility index (Phi) is 5.39. The third-order valence-electron chi connectivity index (χ3n) is 5.16. The molecule has 5 nitrogen and oxygen atoms in total. The molecular formula is C19H28N2O3. The van der Waals surface area contributed by atoms with E-state index in [-0.39, 0.29) is 17.4 Å². The maximum atomic E-state index is 12.6. The van der Waals surface area contributed by atoms with Gasteiger partial charge >= 0.3 is 0 Å². The molecule has 0 aromatic carbocycles. The number of rotatable bonds is 6. The predicted molar refractivity (Wildman–Crippen MR) is 92.2 cm³/mol. The Balaban J connectivity index is 1.57. The normalized spacial score (nSPS) is 20.5. The van der Waals surface area contributed by atoms with Crippen LogP contribution in [0, 0.1) is 5.41 Å². The van der Waals surface area contributed by atoms with Crippen molar-refractivity contribution in [3.8, 4) is 5.88 Å². The summed E-state index contributed by atoms with van der Waals surface area (Å²) in [5.74, 6) is 0.649. The van der Waals surface area contributed by atoms with Crippen molar-refractivity contribution in [2.75, 3.05) is 26.8 Å². The Bertz CT molecular complexity index is 563. The van der Waals surface area contributed by atoms with Gasteiger partial charge in [0.05, 0.1) is 0 Å². The molecule has 1 aliphatic heterocycles. The van der Waals surface area contributed by atoms with Gasteiger partial charge in [0.25, 0.3) is 5.91 Å². The van der Waals surface area contributed by atoms with E-state index in [4.69, 9.17) is 9.47 Å². The fraction of sp³-hybridized carbons (Fsp3) is 0.684. The number of ether oxygens (including phenoxy) is 2. The Morgan fingerprint density at radius 2 is 2.08 bits per heavy atom. The molecule has 0 unspecified atom stereocenters. The van der Waals surface area contributed by atoms with Gasteiger partial charge in [0, 0.05) is 50.0 Å². The van der Waals surface area contributed by atoms with Crippen LogP contribution < -0.4 is 4.74 Å². The van der Waals surface area contributed by atoms with Crippen LogP contribution in [-0.4, -0.2) is 48.7 Å². The molecular weight excluding hydrogens is 304 g/mol. The van der Waals surface area contributed by atoms with Crippen LogP contribution >= 0.6 is 0 Å². The predicted octanol–water partition coefficient (Wildman–Crippen LogP) is 3.29. The molecule has 1 amide bonds. The number of nitrogens with zero attached hydrogens (tertiary/aromatic N) is 2. The van der Waals surface area contributed by atoms with E-state index in [0.29, 0.717) is 11.4 Å². The van der Waals surface area contributed by atoms with Crippen LogP contribution in [0.3, 0.4) is 0 Å². The average Bonchev–Trinajstić information content (AvgIpc) is 2.58. The highest BCUT2D eigenvalue weighted by Crippen LogP contribution is 2.34.